The van der Waals surface area contributed by atoms with Gasteiger partial charge in [-0.1, -0.05) is 24.3 Å². The average molecular weight is 402 g/mol. The van der Waals surface area contributed by atoms with Crippen LogP contribution in [0.2, 0.25) is 0 Å². The first-order valence-corrected chi connectivity index (χ1v) is 8.64. The minimum atomic E-state index is -4.75. The zero-order chi connectivity index (χ0) is 20.7. The topological polar surface area (TPSA) is 60.5 Å². The summed E-state index contributed by atoms with van der Waals surface area (Å²) < 4.78 is 46.0. The first-order valence-electron chi connectivity index (χ1n) is 8.64. The molecule has 3 aromatic rings. The number of halogens is 3. The molecule has 0 radical (unpaired) electrons. The summed E-state index contributed by atoms with van der Waals surface area (Å²) in [5.41, 5.74) is 2.02. The third-order valence-corrected chi connectivity index (χ3v) is 3.77. The molecular formula is C21H17F3N2O3. The van der Waals surface area contributed by atoms with E-state index in [-0.39, 0.29) is 18.1 Å². The normalized spacial score (nSPS) is 11.0. The first-order chi connectivity index (χ1) is 13.9. The standard InChI is InChI=1S/C21H17F3N2O3/c22-21(23,24)29-18-8-6-15(7-9-18)11-20(27)26-17-4-1-5-19(12-17)28-14-16-3-2-10-25-13-16/h1-10,12-13H,11,14H2,(H,26,27). The predicted molar refractivity (Wildman–Crippen MR) is 100 cm³/mol. The number of nitrogens with one attached hydrogen (secondary N) is 1. The molecule has 0 aliphatic rings. The Balaban J connectivity index is 1.54. The van der Waals surface area contributed by atoms with Crippen molar-refractivity contribution in [3.05, 3.63) is 84.2 Å². The van der Waals surface area contributed by atoms with E-state index < -0.39 is 6.36 Å². The molecule has 1 N–H and O–H groups in total. The number of hydrogen-bond acceptors (Lipinski definition) is 4. The molecular weight excluding hydrogens is 385 g/mol. The number of alkyl halides is 3. The number of rotatable bonds is 7. The number of anilines is 1. The summed E-state index contributed by atoms with van der Waals surface area (Å²) in [7, 11) is 0. The van der Waals surface area contributed by atoms with Crippen LogP contribution >= 0.6 is 0 Å². The Hall–Kier alpha value is -3.55. The SMILES string of the molecule is O=C(Cc1ccc(OC(F)(F)F)cc1)Nc1cccc(OCc2cccnc2)c1. The monoisotopic (exact) mass is 402 g/mol. The van der Waals surface area contributed by atoms with Crippen LogP contribution in [0.25, 0.3) is 0 Å². The highest BCUT2D eigenvalue weighted by Crippen LogP contribution is 2.23. The van der Waals surface area contributed by atoms with E-state index in [9.17, 15) is 18.0 Å². The molecule has 0 saturated heterocycles. The largest absolute Gasteiger partial charge is 0.573 e. The molecule has 29 heavy (non-hydrogen) atoms. The van der Waals surface area contributed by atoms with Crippen LogP contribution in [0.1, 0.15) is 11.1 Å². The van der Waals surface area contributed by atoms with E-state index in [1.54, 1.807) is 36.7 Å². The van der Waals surface area contributed by atoms with Gasteiger partial charge in [0.1, 0.15) is 18.1 Å². The van der Waals surface area contributed by atoms with Gasteiger partial charge in [-0.25, -0.2) is 0 Å². The van der Waals surface area contributed by atoms with Crippen molar-refractivity contribution in [2.75, 3.05) is 5.32 Å². The number of ether oxygens (including phenoxy) is 2. The summed E-state index contributed by atoms with van der Waals surface area (Å²) in [5.74, 6) is -0.0562. The van der Waals surface area contributed by atoms with Crippen molar-refractivity contribution in [3.8, 4) is 11.5 Å². The summed E-state index contributed by atoms with van der Waals surface area (Å²) in [6.45, 7) is 0.345. The third-order valence-electron chi connectivity index (χ3n) is 3.77. The maximum absolute atomic E-state index is 12.2. The quantitative estimate of drug-likeness (QED) is 0.620. The summed E-state index contributed by atoms with van der Waals surface area (Å²) in [6.07, 6.45) is -1.36. The van der Waals surface area contributed by atoms with Gasteiger partial charge in [0.2, 0.25) is 5.91 Å². The molecule has 5 nitrogen and oxygen atoms in total. The van der Waals surface area contributed by atoms with E-state index in [0.717, 1.165) is 5.56 Å². The Morgan fingerprint density at radius 3 is 2.45 bits per heavy atom. The molecule has 1 heterocycles. The van der Waals surface area contributed by atoms with Crippen LogP contribution in [0.15, 0.2) is 73.1 Å². The number of pyridine rings is 1. The molecule has 0 saturated carbocycles. The third kappa shape index (κ3) is 6.84. The van der Waals surface area contributed by atoms with E-state index in [1.165, 1.54) is 24.3 Å². The first kappa shape index (κ1) is 20.2. The molecule has 0 bridgehead atoms. The van der Waals surface area contributed by atoms with Gasteiger partial charge in [0, 0.05) is 29.7 Å². The zero-order valence-electron chi connectivity index (χ0n) is 15.1. The fraction of sp³-hybridized carbons (Fsp3) is 0.143. The Morgan fingerprint density at radius 2 is 1.76 bits per heavy atom. The van der Waals surface area contributed by atoms with Crippen molar-refractivity contribution in [2.45, 2.75) is 19.4 Å². The van der Waals surface area contributed by atoms with Crippen molar-refractivity contribution in [1.29, 1.82) is 0 Å². The van der Waals surface area contributed by atoms with Gasteiger partial charge in [-0.2, -0.15) is 0 Å². The van der Waals surface area contributed by atoms with Gasteiger partial charge in [0.25, 0.3) is 0 Å². The Labute approximate surface area is 165 Å². The van der Waals surface area contributed by atoms with E-state index in [2.05, 4.69) is 15.0 Å². The minimum absolute atomic E-state index is 0.00701. The van der Waals surface area contributed by atoms with Crippen LogP contribution in [0.5, 0.6) is 11.5 Å². The molecule has 1 amide bonds. The number of carbonyl (C=O) groups is 1. The summed E-state index contributed by atoms with van der Waals surface area (Å²) in [6, 6.07) is 15.8. The fourth-order valence-electron chi connectivity index (χ4n) is 2.51. The number of carbonyl (C=O) groups excluding carboxylic acids is 1. The Kier molecular flexibility index (Phi) is 6.33. The van der Waals surface area contributed by atoms with E-state index in [0.29, 0.717) is 23.6 Å². The van der Waals surface area contributed by atoms with Crippen LogP contribution in [-0.4, -0.2) is 17.3 Å². The van der Waals surface area contributed by atoms with Crippen LogP contribution in [-0.2, 0) is 17.8 Å². The lowest BCUT2D eigenvalue weighted by molar-refractivity contribution is -0.274. The molecule has 0 aliphatic carbocycles. The van der Waals surface area contributed by atoms with Gasteiger partial charge in [0.15, 0.2) is 0 Å². The maximum atomic E-state index is 12.2. The highest BCUT2D eigenvalue weighted by molar-refractivity contribution is 5.92. The van der Waals surface area contributed by atoms with Crippen molar-refractivity contribution < 1.29 is 27.4 Å². The van der Waals surface area contributed by atoms with Gasteiger partial charge >= 0.3 is 6.36 Å². The predicted octanol–water partition coefficient (Wildman–Crippen LogP) is 4.74. The van der Waals surface area contributed by atoms with Crippen LogP contribution < -0.4 is 14.8 Å². The molecule has 2 aromatic carbocycles. The van der Waals surface area contributed by atoms with E-state index in [4.69, 9.17) is 4.74 Å². The lowest BCUT2D eigenvalue weighted by atomic mass is 10.1. The summed E-state index contributed by atoms with van der Waals surface area (Å²) in [5, 5.41) is 2.74. The van der Waals surface area contributed by atoms with Crippen LogP contribution in [0.3, 0.4) is 0 Å². The molecule has 0 unspecified atom stereocenters. The molecule has 0 fully saturated rings. The number of benzene rings is 2. The Bertz CT molecular complexity index is 945. The van der Waals surface area contributed by atoms with E-state index >= 15 is 0 Å². The smallest absolute Gasteiger partial charge is 0.489 e. The number of amides is 1. The van der Waals surface area contributed by atoms with Gasteiger partial charge in [-0.15, -0.1) is 13.2 Å². The molecule has 150 valence electrons. The summed E-state index contributed by atoms with van der Waals surface area (Å²) in [4.78, 5) is 16.2. The van der Waals surface area contributed by atoms with Gasteiger partial charge in [-0.05, 0) is 35.9 Å². The number of aromatic nitrogens is 1. The highest BCUT2D eigenvalue weighted by atomic mass is 19.4. The number of nitrogens with zero attached hydrogens (tertiary/aromatic N) is 1. The van der Waals surface area contributed by atoms with Crippen molar-refractivity contribution in [3.63, 3.8) is 0 Å². The summed E-state index contributed by atoms with van der Waals surface area (Å²) >= 11 is 0. The molecule has 3 rings (SSSR count). The van der Waals surface area contributed by atoms with Crippen molar-refractivity contribution >= 4 is 11.6 Å². The van der Waals surface area contributed by atoms with Gasteiger partial charge in [-0.3, -0.25) is 9.78 Å². The molecule has 0 atom stereocenters. The molecule has 0 spiro atoms. The number of hydrogen-bond donors (Lipinski definition) is 1. The molecule has 8 heteroatoms. The Morgan fingerprint density at radius 1 is 0.966 bits per heavy atom. The second-order valence-electron chi connectivity index (χ2n) is 6.09. The van der Waals surface area contributed by atoms with Gasteiger partial charge < -0.3 is 14.8 Å². The minimum Gasteiger partial charge on any atom is -0.489 e. The van der Waals surface area contributed by atoms with Crippen molar-refractivity contribution in [2.24, 2.45) is 0 Å². The maximum Gasteiger partial charge on any atom is 0.573 e. The zero-order valence-corrected chi connectivity index (χ0v) is 15.1. The highest BCUT2D eigenvalue weighted by Gasteiger charge is 2.30. The molecule has 0 aliphatic heterocycles. The average Bonchev–Trinajstić information content (AvgIpc) is 2.68. The second kappa shape index (κ2) is 9.09. The lowest BCUT2D eigenvalue weighted by Crippen LogP contribution is -2.17. The second-order valence-corrected chi connectivity index (χ2v) is 6.09. The van der Waals surface area contributed by atoms with Crippen LogP contribution in [0, 0.1) is 0 Å². The van der Waals surface area contributed by atoms with Crippen LogP contribution in [0.4, 0.5) is 18.9 Å². The molecule has 1 aromatic heterocycles. The van der Waals surface area contributed by atoms with Crippen molar-refractivity contribution in [1.82, 2.24) is 4.98 Å². The lowest BCUT2D eigenvalue weighted by Gasteiger charge is -2.10. The van der Waals surface area contributed by atoms with Gasteiger partial charge in [0.05, 0.1) is 6.42 Å². The fourth-order valence-corrected chi connectivity index (χ4v) is 2.51. The van der Waals surface area contributed by atoms with E-state index in [1.807, 2.05) is 12.1 Å².